The lowest BCUT2D eigenvalue weighted by Crippen LogP contribution is -2.29. The minimum atomic E-state index is -0.564. The van der Waals surface area contributed by atoms with Gasteiger partial charge in [-0.25, -0.2) is 0 Å². The van der Waals surface area contributed by atoms with Crippen LogP contribution >= 0.6 is 23.2 Å². The number of benzene rings is 2. The Morgan fingerprint density at radius 2 is 1.82 bits per heavy atom. The minimum absolute atomic E-state index is 0.0510. The summed E-state index contributed by atoms with van der Waals surface area (Å²) in [7, 11) is 0. The van der Waals surface area contributed by atoms with Gasteiger partial charge >= 0.3 is 0 Å². The summed E-state index contributed by atoms with van der Waals surface area (Å²) in [5.74, 6) is -0.362. The second kappa shape index (κ2) is 9.08. The number of nitrogens with one attached hydrogen (secondary N) is 1. The number of nitro benzene ring substituents is 1. The minimum Gasteiger partial charge on any atom is -0.370 e. The number of carbonyl (C=O) groups excluding carboxylic acids is 1. The third-order valence-electron chi connectivity index (χ3n) is 4.51. The van der Waals surface area contributed by atoms with Gasteiger partial charge in [-0.2, -0.15) is 0 Å². The monoisotopic (exact) mass is 419 g/mol. The molecule has 2 aromatic rings. The zero-order valence-corrected chi connectivity index (χ0v) is 16.5. The maximum Gasteiger partial charge on any atom is 0.288 e. The second-order valence-electron chi connectivity index (χ2n) is 6.50. The summed E-state index contributed by atoms with van der Waals surface area (Å²) in [6.07, 6.45) is 6.35. The van der Waals surface area contributed by atoms with Crippen LogP contribution in [0.15, 0.2) is 42.5 Å². The van der Waals surface area contributed by atoms with Gasteiger partial charge in [-0.3, -0.25) is 14.9 Å². The van der Waals surface area contributed by atoms with Gasteiger partial charge in [0.25, 0.3) is 5.69 Å². The highest BCUT2D eigenvalue weighted by atomic mass is 35.5. The number of piperidine rings is 1. The number of nitrogens with zero attached hydrogens (tertiary/aromatic N) is 2. The van der Waals surface area contributed by atoms with Gasteiger partial charge in [-0.15, -0.1) is 0 Å². The Kier molecular flexibility index (Phi) is 6.54. The van der Waals surface area contributed by atoms with E-state index in [-0.39, 0.29) is 16.6 Å². The Hall–Kier alpha value is -2.57. The Balaban J connectivity index is 1.66. The molecule has 0 aromatic heterocycles. The van der Waals surface area contributed by atoms with Crippen LogP contribution < -0.4 is 10.2 Å². The summed E-state index contributed by atoms with van der Waals surface area (Å²) >= 11 is 12.2. The molecule has 1 aliphatic heterocycles. The third-order valence-corrected chi connectivity index (χ3v) is 5.13. The number of carbonyl (C=O) groups is 1. The predicted octanol–water partition coefficient (Wildman–Crippen LogP) is 5.54. The van der Waals surface area contributed by atoms with Gasteiger partial charge in [0, 0.05) is 30.9 Å². The number of halogens is 2. The summed E-state index contributed by atoms with van der Waals surface area (Å²) in [6, 6.07) is 9.80. The van der Waals surface area contributed by atoms with Crippen molar-refractivity contribution in [3.8, 4) is 0 Å². The number of rotatable bonds is 5. The van der Waals surface area contributed by atoms with Crippen molar-refractivity contribution in [3.05, 3.63) is 68.2 Å². The van der Waals surface area contributed by atoms with Crippen molar-refractivity contribution in [2.45, 2.75) is 19.3 Å². The van der Waals surface area contributed by atoms with Crippen molar-refractivity contribution in [2.75, 3.05) is 23.3 Å². The molecule has 8 heteroatoms. The molecule has 0 atom stereocenters. The number of hydrogen-bond donors (Lipinski definition) is 1. The standard InChI is InChI=1S/C20H19Cl2N3O3/c21-16-7-4-14(12-19(16)25(27)28)5-9-20(26)23-15-6-8-18(17(22)13-15)24-10-2-1-3-11-24/h4-9,12-13H,1-3,10-11H2,(H,23,26). The van der Waals surface area contributed by atoms with E-state index in [1.165, 1.54) is 30.7 Å². The molecule has 2 aromatic carbocycles. The van der Waals surface area contributed by atoms with Gasteiger partial charge in [0.15, 0.2) is 0 Å². The molecule has 1 N–H and O–H groups in total. The molecular weight excluding hydrogens is 401 g/mol. The van der Waals surface area contributed by atoms with Crippen LogP contribution in [0, 0.1) is 10.1 Å². The normalized spacial score (nSPS) is 14.3. The second-order valence-corrected chi connectivity index (χ2v) is 7.32. The first-order valence-electron chi connectivity index (χ1n) is 8.91. The maximum atomic E-state index is 12.2. The van der Waals surface area contributed by atoms with Gasteiger partial charge in [-0.1, -0.05) is 29.3 Å². The van der Waals surface area contributed by atoms with Crippen molar-refractivity contribution in [1.29, 1.82) is 0 Å². The quantitative estimate of drug-likeness (QED) is 0.391. The average molecular weight is 420 g/mol. The average Bonchev–Trinajstić information content (AvgIpc) is 2.68. The van der Waals surface area contributed by atoms with E-state index in [2.05, 4.69) is 10.2 Å². The first kappa shape index (κ1) is 20.2. The SMILES string of the molecule is O=C(C=Cc1ccc(Cl)c([N+](=O)[O-])c1)Nc1ccc(N2CCCCC2)c(Cl)c1. The zero-order valence-electron chi connectivity index (χ0n) is 15.0. The maximum absolute atomic E-state index is 12.2. The van der Waals surface area contributed by atoms with E-state index in [1.54, 1.807) is 12.1 Å². The fourth-order valence-electron chi connectivity index (χ4n) is 3.11. The summed E-state index contributed by atoms with van der Waals surface area (Å²) < 4.78 is 0. The molecule has 146 valence electrons. The zero-order chi connectivity index (χ0) is 20.1. The fraction of sp³-hybridized carbons (Fsp3) is 0.250. The lowest BCUT2D eigenvalue weighted by Gasteiger charge is -2.29. The van der Waals surface area contributed by atoms with Crippen LogP contribution in [0.4, 0.5) is 17.1 Å². The van der Waals surface area contributed by atoms with Crippen molar-refractivity contribution >= 4 is 52.2 Å². The first-order chi connectivity index (χ1) is 13.4. The number of amides is 1. The van der Waals surface area contributed by atoms with Crippen molar-refractivity contribution in [2.24, 2.45) is 0 Å². The van der Waals surface area contributed by atoms with Gasteiger partial charge in [-0.05, 0) is 55.2 Å². The highest BCUT2D eigenvalue weighted by molar-refractivity contribution is 6.33. The Morgan fingerprint density at radius 3 is 2.50 bits per heavy atom. The van der Waals surface area contributed by atoms with E-state index in [0.717, 1.165) is 31.6 Å². The molecule has 1 heterocycles. The Labute approximate surface area is 172 Å². The van der Waals surface area contributed by atoms with Gasteiger partial charge < -0.3 is 10.2 Å². The predicted molar refractivity (Wildman–Crippen MR) is 113 cm³/mol. The van der Waals surface area contributed by atoms with Crippen molar-refractivity contribution in [3.63, 3.8) is 0 Å². The molecule has 3 rings (SSSR count). The van der Waals surface area contributed by atoms with Gasteiger partial charge in [0.05, 0.1) is 15.6 Å². The van der Waals surface area contributed by atoms with Gasteiger partial charge in [0.2, 0.25) is 5.91 Å². The molecule has 0 unspecified atom stereocenters. The molecule has 1 aliphatic rings. The first-order valence-corrected chi connectivity index (χ1v) is 9.67. The molecule has 1 amide bonds. The van der Waals surface area contributed by atoms with Crippen LogP contribution in [0.1, 0.15) is 24.8 Å². The lowest BCUT2D eigenvalue weighted by molar-refractivity contribution is -0.384. The largest absolute Gasteiger partial charge is 0.370 e. The fourth-order valence-corrected chi connectivity index (χ4v) is 3.59. The summed E-state index contributed by atoms with van der Waals surface area (Å²) in [5.41, 5.74) is 1.86. The molecule has 0 aliphatic carbocycles. The molecule has 1 fully saturated rings. The van der Waals surface area contributed by atoms with Crippen LogP contribution in [-0.4, -0.2) is 23.9 Å². The molecule has 6 nitrogen and oxygen atoms in total. The molecule has 1 saturated heterocycles. The molecule has 0 saturated carbocycles. The van der Waals surface area contributed by atoms with E-state index in [9.17, 15) is 14.9 Å². The van der Waals surface area contributed by atoms with E-state index >= 15 is 0 Å². The molecular formula is C20H19Cl2N3O3. The van der Waals surface area contributed by atoms with Crippen LogP contribution in [0.3, 0.4) is 0 Å². The molecule has 28 heavy (non-hydrogen) atoms. The molecule has 0 radical (unpaired) electrons. The van der Waals surface area contributed by atoms with Crippen LogP contribution in [0.25, 0.3) is 6.08 Å². The van der Waals surface area contributed by atoms with Crippen molar-refractivity contribution < 1.29 is 9.72 Å². The topological polar surface area (TPSA) is 75.5 Å². The number of nitro groups is 1. The smallest absolute Gasteiger partial charge is 0.288 e. The van der Waals surface area contributed by atoms with Crippen LogP contribution in [0.5, 0.6) is 0 Å². The van der Waals surface area contributed by atoms with E-state index in [0.29, 0.717) is 16.3 Å². The highest BCUT2D eigenvalue weighted by Gasteiger charge is 2.14. The summed E-state index contributed by atoms with van der Waals surface area (Å²) in [5, 5.41) is 14.3. The van der Waals surface area contributed by atoms with Crippen molar-refractivity contribution in [1.82, 2.24) is 0 Å². The van der Waals surface area contributed by atoms with E-state index < -0.39 is 4.92 Å². The summed E-state index contributed by atoms with van der Waals surface area (Å²) in [6.45, 7) is 1.97. The van der Waals surface area contributed by atoms with Crippen LogP contribution in [-0.2, 0) is 4.79 Å². The van der Waals surface area contributed by atoms with Crippen LogP contribution in [0.2, 0.25) is 10.0 Å². The number of anilines is 2. The Bertz CT molecular complexity index is 925. The molecule has 0 spiro atoms. The highest BCUT2D eigenvalue weighted by Crippen LogP contribution is 2.31. The Morgan fingerprint density at radius 1 is 1.07 bits per heavy atom. The van der Waals surface area contributed by atoms with E-state index in [1.807, 2.05) is 12.1 Å². The van der Waals surface area contributed by atoms with Gasteiger partial charge in [0.1, 0.15) is 5.02 Å². The molecule has 0 bridgehead atoms. The third kappa shape index (κ3) is 5.03. The van der Waals surface area contributed by atoms with E-state index in [4.69, 9.17) is 23.2 Å². The lowest BCUT2D eigenvalue weighted by atomic mass is 10.1. The summed E-state index contributed by atoms with van der Waals surface area (Å²) in [4.78, 5) is 24.8. The number of hydrogen-bond acceptors (Lipinski definition) is 4.